The van der Waals surface area contributed by atoms with Crippen molar-refractivity contribution in [3.8, 4) is 0 Å². The van der Waals surface area contributed by atoms with Gasteiger partial charge in [-0.3, -0.25) is 4.90 Å². The van der Waals surface area contributed by atoms with Gasteiger partial charge in [0.2, 0.25) is 0 Å². The molecule has 0 aromatic carbocycles. The average molecular weight is 296 g/mol. The minimum atomic E-state index is 0.492. The fourth-order valence-corrected chi connectivity index (χ4v) is 3.99. The molecule has 3 heteroatoms. The summed E-state index contributed by atoms with van der Waals surface area (Å²) in [4.78, 5) is 2.73. The first-order valence-corrected chi connectivity index (χ1v) is 9.20. The van der Waals surface area contributed by atoms with Crippen molar-refractivity contribution in [2.45, 2.75) is 77.8 Å². The second-order valence-electron chi connectivity index (χ2n) is 7.56. The molecule has 0 spiro atoms. The summed E-state index contributed by atoms with van der Waals surface area (Å²) in [5.41, 5.74) is 0.492. The maximum Gasteiger partial charge on any atom is 0.0622 e. The zero-order valence-electron chi connectivity index (χ0n) is 14.5. The molecule has 0 bridgehead atoms. The highest BCUT2D eigenvalue weighted by atomic mass is 16.5. The third kappa shape index (κ3) is 5.22. The van der Waals surface area contributed by atoms with Gasteiger partial charge in [-0.1, -0.05) is 46.5 Å². The SMILES string of the molecule is CCC1COCCN1CC1(CNC(C)C)CCCCCC1. The lowest BCUT2D eigenvalue weighted by atomic mass is 9.79. The van der Waals surface area contributed by atoms with Crippen LogP contribution in [0.5, 0.6) is 0 Å². The average Bonchev–Trinajstić information content (AvgIpc) is 2.72. The second kappa shape index (κ2) is 8.50. The third-order valence-electron chi connectivity index (χ3n) is 5.41. The second-order valence-corrected chi connectivity index (χ2v) is 7.56. The molecular formula is C18H36N2O. The van der Waals surface area contributed by atoms with Gasteiger partial charge < -0.3 is 10.1 Å². The molecule has 1 N–H and O–H groups in total. The summed E-state index contributed by atoms with van der Waals surface area (Å²) in [5, 5.41) is 3.75. The standard InChI is InChI=1S/C18H36N2O/c1-4-17-13-21-12-11-20(17)15-18(14-19-16(2)3)9-7-5-6-8-10-18/h16-17,19H,4-15H2,1-3H3. The van der Waals surface area contributed by atoms with Gasteiger partial charge in [-0.05, 0) is 24.7 Å². The summed E-state index contributed by atoms with van der Waals surface area (Å²) in [6.07, 6.45) is 9.73. The summed E-state index contributed by atoms with van der Waals surface area (Å²) in [5.74, 6) is 0. The molecular weight excluding hydrogens is 260 g/mol. The van der Waals surface area contributed by atoms with E-state index in [1.807, 2.05) is 0 Å². The fraction of sp³-hybridized carbons (Fsp3) is 1.00. The first-order chi connectivity index (χ1) is 10.2. The Bertz CT molecular complexity index is 285. The molecule has 0 aromatic heterocycles. The molecule has 1 saturated heterocycles. The largest absolute Gasteiger partial charge is 0.378 e. The van der Waals surface area contributed by atoms with Crippen LogP contribution in [-0.2, 0) is 4.74 Å². The van der Waals surface area contributed by atoms with Crippen molar-refractivity contribution in [1.29, 1.82) is 0 Å². The molecule has 1 aliphatic heterocycles. The molecule has 3 nitrogen and oxygen atoms in total. The molecule has 1 aliphatic carbocycles. The molecule has 2 aliphatic rings. The van der Waals surface area contributed by atoms with Gasteiger partial charge in [0.15, 0.2) is 0 Å². The van der Waals surface area contributed by atoms with Crippen LogP contribution in [0.4, 0.5) is 0 Å². The number of nitrogens with one attached hydrogen (secondary N) is 1. The maximum absolute atomic E-state index is 5.69. The van der Waals surface area contributed by atoms with Crippen molar-refractivity contribution in [2.24, 2.45) is 5.41 Å². The quantitative estimate of drug-likeness (QED) is 0.760. The summed E-state index contributed by atoms with van der Waals surface area (Å²) in [6, 6.07) is 1.23. The van der Waals surface area contributed by atoms with E-state index in [-0.39, 0.29) is 0 Å². The smallest absolute Gasteiger partial charge is 0.0622 e. The first-order valence-electron chi connectivity index (χ1n) is 9.20. The van der Waals surface area contributed by atoms with E-state index >= 15 is 0 Å². The molecule has 1 saturated carbocycles. The van der Waals surface area contributed by atoms with Crippen molar-refractivity contribution in [1.82, 2.24) is 10.2 Å². The van der Waals surface area contributed by atoms with E-state index in [2.05, 4.69) is 31.0 Å². The minimum Gasteiger partial charge on any atom is -0.378 e. The van der Waals surface area contributed by atoms with Crippen LogP contribution in [0.3, 0.4) is 0 Å². The van der Waals surface area contributed by atoms with Crippen molar-refractivity contribution in [3.05, 3.63) is 0 Å². The normalized spacial score (nSPS) is 27.7. The molecule has 0 amide bonds. The van der Waals surface area contributed by atoms with Crippen LogP contribution in [-0.4, -0.2) is 49.8 Å². The van der Waals surface area contributed by atoms with Crippen LogP contribution < -0.4 is 5.32 Å². The number of rotatable bonds is 6. The van der Waals surface area contributed by atoms with Crippen molar-refractivity contribution in [2.75, 3.05) is 32.8 Å². The molecule has 2 rings (SSSR count). The summed E-state index contributed by atoms with van der Waals surface area (Å²) >= 11 is 0. The van der Waals surface area contributed by atoms with E-state index in [1.165, 1.54) is 58.0 Å². The summed E-state index contributed by atoms with van der Waals surface area (Å²) in [7, 11) is 0. The van der Waals surface area contributed by atoms with Gasteiger partial charge in [-0.25, -0.2) is 0 Å². The topological polar surface area (TPSA) is 24.5 Å². The molecule has 1 atom stereocenters. The Balaban J connectivity index is 2.02. The summed E-state index contributed by atoms with van der Waals surface area (Å²) in [6.45, 7) is 12.3. The monoisotopic (exact) mass is 296 g/mol. The van der Waals surface area contributed by atoms with Gasteiger partial charge in [-0.15, -0.1) is 0 Å². The predicted molar refractivity (Wildman–Crippen MR) is 89.7 cm³/mol. The Morgan fingerprint density at radius 1 is 1.19 bits per heavy atom. The number of hydrogen-bond donors (Lipinski definition) is 1. The van der Waals surface area contributed by atoms with Crippen molar-refractivity contribution in [3.63, 3.8) is 0 Å². The number of ether oxygens (including phenoxy) is 1. The van der Waals surface area contributed by atoms with Crippen LogP contribution >= 0.6 is 0 Å². The van der Waals surface area contributed by atoms with E-state index in [1.54, 1.807) is 0 Å². The van der Waals surface area contributed by atoms with E-state index in [4.69, 9.17) is 4.74 Å². The minimum absolute atomic E-state index is 0.492. The zero-order chi connectivity index (χ0) is 15.1. The molecule has 124 valence electrons. The van der Waals surface area contributed by atoms with Crippen molar-refractivity contribution < 1.29 is 4.74 Å². The Morgan fingerprint density at radius 3 is 2.52 bits per heavy atom. The molecule has 2 fully saturated rings. The van der Waals surface area contributed by atoms with E-state index in [0.717, 1.165) is 19.8 Å². The van der Waals surface area contributed by atoms with Crippen LogP contribution in [0, 0.1) is 5.41 Å². The highest BCUT2D eigenvalue weighted by Gasteiger charge is 2.35. The van der Waals surface area contributed by atoms with E-state index in [0.29, 0.717) is 17.5 Å². The Morgan fingerprint density at radius 2 is 1.90 bits per heavy atom. The Labute approximate surface area is 131 Å². The van der Waals surface area contributed by atoms with Crippen LogP contribution in [0.1, 0.15) is 65.7 Å². The highest BCUT2D eigenvalue weighted by Crippen LogP contribution is 2.36. The summed E-state index contributed by atoms with van der Waals surface area (Å²) < 4.78 is 5.69. The van der Waals surface area contributed by atoms with Crippen LogP contribution in [0.2, 0.25) is 0 Å². The van der Waals surface area contributed by atoms with Gasteiger partial charge in [0, 0.05) is 31.7 Å². The van der Waals surface area contributed by atoms with Crippen LogP contribution in [0.25, 0.3) is 0 Å². The lowest BCUT2D eigenvalue weighted by molar-refractivity contribution is -0.0310. The maximum atomic E-state index is 5.69. The molecule has 1 heterocycles. The van der Waals surface area contributed by atoms with Gasteiger partial charge >= 0.3 is 0 Å². The lowest BCUT2D eigenvalue weighted by Gasteiger charge is -2.43. The predicted octanol–water partition coefficient (Wildman–Crippen LogP) is 3.44. The first kappa shape index (κ1) is 17.2. The fourth-order valence-electron chi connectivity index (χ4n) is 3.99. The van der Waals surface area contributed by atoms with E-state index < -0.39 is 0 Å². The van der Waals surface area contributed by atoms with Crippen molar-refractivity contribution >= 4 is 0 Å². The molecule has 0 aromatic rings. The van der Waals surface area contributed by atoms with Gasteiger partial charge in [0.25, 0.3) is 0 Å². The zero-order valence-corrected chi connectivity index (χ0v) is 14.5. The lowest BCUT2D eigenvalue weighted by Crippen LogP contribution is -2.52. The van der Waals surface area contributed by atoms with Gasteiger partial charge in [0.1, 0.15) is 0 Å². The highest BCUT2D eigenvalue weighted by molar-refractivity contribution is 4.90. The van der Waals surface area contributed by atoms with Gasteiger partial charge in [-0.2, -0.15) is 0 Å². The number of nitrogens with zero attached hydrogens (tertiary/aromatic N) is 1. The molecule has 1 unspecified atom stereocenters. The number of hydrogen-bond acceptors (Lipinski definition) is 3. The molecule has 21 heavy (non-hydrogen) atoms. The Hall–Kier alpha value is -0.120. The number of morpholine rings is 1. The van der Waals surface area contributed by atoms with Gasteiger partial charge in [0.05, 0.1) is 13.2 Å². The molecule has 0 radical (unpaired) electrons. The van der Waals surface area contributed by atoms with E-state index in [9.17, 15) is 0 Å². The third-order valence-corrected chi connectivity index (χ3v) is 5.41. The Kier molecular flexibility index (Phi) is 6.97. The van der Waals surface area contributed by atoms with Crippen LogP contribution in [0.15, 0.2) is 0 Å².